The molecule has 21 heavy (non-hydrogen) atoms. The first-order valence-corrected chi connectivity index (χ1v) is 7.81. The van der Waals surface area contributed by atoms with Gasteiger partial charge in [-0.3, -0.25) is 0 Å². The molecule has 1 heterocycles. The minimum absolute atomic E-state index is 0.0233. The molecule has 4 heteroatoms. The summed E-state index contributed by atoms with van der Waals surface area (Å²) in [7, 11) is 0. The highest BCUT2D eigenvalue weighted by molar-refractivity contribution is 5.44. The predicted octanol–water partition coefficient (Wildman–Crippen LogP) is 3.44. The van der Waals surface area contributed by atoms with Crippen LogP contribution in [-0.4, -0.2) is 25.4 Å². The van der Waals surface area contributed by atoms with Crippen LogP contribution in [0.5, 0.6) is 11.5 Å². The first-order chi connectivity index (χ1) is 10.0. The van der Waals surface area contributed by atoms with E-state index in [0.717, 1.165) is 42.9 Å². The molecule has 0 saturated heterocycles. The molecular weight excluding hydrogens is 266 g/mol. The molecule has 1 aromatic rings. The molecule has 2 rings (SSSR count). The Kier molecular flexibility index (Phi) is 5.48. The second-order valence-corrected chi connectivity index (χ2v) is 6.19. The summed E-state index contributed by atoms with van der Waals surface area (Å²) in [5.74, 6) is 1.64. The number of fused-ring (bicyclic) bond motifs is 1. The van der Waals surface area contributed by atoms with Crippen molar-refractivity contribution in [3.63, 3.8) is 0 Å². The third-order valence-corrected chi connectivity index (χ3v) is 3.62. The standard InChI is InChI=1S/C17H27NO3/c1-4-5-8-19-9-10-20-13-6-7-14-15(18)12-17(2,3)21-16(14)11-13/h6-7,11,15H,4-5,8-10,12,18H2,1-3H3. The van der Waals surface area contributed by atoms with E-state index in [-0.39, 0.29) is 11.6 Å². The fourth-order valence-electron chi connectivity index (χ4n) is 2.54. The SMILES string of the molecule is CCCCOCCOc1ccc2c(c1)OC(C)(C)CC2N. The van der Waals surface area contributed by atoms with Crippen LogP contribution in [0.25, 0.3) is 0 Å². The van der Waals surface area contributed by atoms with Gasteiger partial charge < -0.3 is 19.9 Å². The summed E-state index contributed by atoms with van der Waals surface area (Å²) >= 11 is 0. The molecule has 1 aliphatic heterocycles. The van der Waals surface area contributed by atoms with Gasteiger partial charge in [-0.2, -0.15) is 0 Å². The van der Waals surface area contributed by atoms with Crippen LogP contribution in [0.1, 0.15) is 51.6 Å². The molecule has 1 aromatic carbocycles. The average Bonchev–Trinajstić information content (AvgIpc) is 2.41. The van der Waals surface area contributed by atoms with Gasteiger partial charge in [-0.15, -0.1) is 0 Å². The molecule has 1 unspecified atom stereocenters. The molecule has 0 fully saturated rings. The molecule has 0 amide bonds. The lowest BCUT2D eigenvalue weighted by Crippen LogP contribution is -2.37. The van der Waals surface area contributed by atoms with Gasteiger partial charge in [0.2, 0.25) is 0 Å². The molecule has 4 nitrogen and oxygen atoms in total. The second kappa shape index (κ2) is 7.14. The third kappa shape index (κ3) is 4.61. The van der Waals surface area contributed by atoms with Gasteiger partial charge in [0.05, 0.1) is 6.61 Å². The Balaban J connectivity index is 1.89. The van der Waals surface area contributed by atoms with Crippen molar-refractivity contribution in [2.75, 3.05) is 19.8 Å². The Bertz CT molecular complexity index is 459. The van der Waals surface area contributed by atoms with Gasteiger partial charge in [0, 0.05) is 30.7 Å². The summed E-state index contributed by atoms with van der Waals surface area (Å²) in [6, 6.07) is 5.91. The zero-order chi connectivity index (χ0) is 15.3. The predicted molar refractivity (Wildman–Crippen MR) is 83.9 cm³/mol. The summed E-state index contributed by atoms with van der Waals surface area (Å²) in [4.78, 5) is 0. The van der Waals surface area contributed by atoms with Crippen molar-refractivity contribution in [2.24, 2.45) is 5.73 Å². The smallest absolute Gasteiger partial charge is 0.128 e. The van der Waals surface area contributed by atoms with E-state index in [1.807, 2.05) is 18.2 Å². The summed E-state index contributed by atoms with van der Waals surface area (Å²) < 4.78 is 17.2. The summed E-state index contributed by atoms with van der Waals surface area (Å²) in [6.45, 7) is 8.24. The fourth-order valence-corrected chi connectivity index (χ4v) is 2.54. The number of hydrogen-bond acceptors (Lipinski definition) is 4. The topological polar surface area (TPSA) is 53.7 Å². The monoisotopic (exact) mass is 293 g/mol. The quantitative estimate of drug-likeness (QED) is 0.782. The van der Waals surface area contributed by atoms with Crippen molar-refractivity contribution >= 4 is 0 Å². The third-order valence-electron chi connectivity index (χ3n) is 3.62. The van der Waals surface area contributed by atoms with Crippen molar-refractivity contribution in [3.8, 4) is 11.5 Å². The molecule has 0 aromatic heterocycles. The van der Waals surface area contributed by atoms with Gasteiger partial charge in [0.25, 0.3) is 0 Å². The van der Waals surface area contributed by atoms with Crippen molar-refractivity contribution < 1.29 is 14.2 Å². The summed E-state index contributed by atoms with van der Waals surface area (Å²) in [5, 5.41) is 0. The first kappa shape index (κ1) is 16.1. The highest BCUT2D eigenvalue weighted by atomic mass is 16.5. The molecule has 118 valence electrons. The average molecular weight is 293 g/mol. The van der Waals surface area contributed by atoms with Crippen molar-refractivity contribution in [3.05, 3.63) is 23.8 Å². The largest absolute Gasteiger partial charge is 0.491 e. The number of nitrogens with two attached hydrogens (primary N) is 1. The van der Waals surface area contributed by atoms with E-state index < -0.39 is 0 Å². The molecule has 0 spiro atoms. The van der Waals surface area contributed by atoms with E-state index in [1.165, 1.54) is 0 Å². The Morgan fingerprint density at radius 1 is 1.29 bits per heavy atom. The lowest BCUT2D eigenvalue weighted by molar-refractivity contribution is 0.0717. The summed E-state index contributed by atoms with van der Waals surface area (Å²) in [6.07, 6.45) is 3.07. The number of unbranched alkanes of at least 4 members (excludes halogenated alkanes) is 1. The van der Waals surface area contributed by atoms with Gasteiger partial charge in [0.1, 0.15) is 23.7 Å². The van der Waals surface area contributed by atoms with Crippen LogP contribution in [-0.2, 0) is 4.74 Å². The van der Waals surface area contributed by atoms with Crippen LogP contribution in [0.4, 0.5) is 0 Å². The van der Waals surface area contributed by atoms with Gasteiger partial charge in [0.15, 0.2) is 0 Å². The van der Waals surface area contributed by atoms with E-state index in [9.17, 15) is 0 Å². The van der Waals surface area contributed by atoms with Crippen LogP contribution in [0.15, 0.2) is 18.2 Å². The van der Waals surface area contributed by atoms with Crippen molar-refractivity contribution in [1.82, 2.24) is 0 Å². The highest BCUT2D eigenvalue weighted by Gasteiger charge is 2.31. The van der Waals surface area contributed by atoms with Crippen LogP contribution >= 0.6 is 0 Å². The van der Waals surface area contributed by atoms with E-state index in [2.05, 4.69) is 20.8 Å². The number of ether oxygens (including phenoxy) is 3. The number of hydrogen-bond donors (Lipinski definition) is 1. The molecule has 1 atom stereocenters. The molecule has 2 N–H and O–H groups in total. The fraction of sp³-hybridized carbons (Fsp3) is 0.647. The van der Waals surface area contributed by atoms with Crippen LogP contribution in [0.3, 0.4) is 0 Å². The maximum Gasteiger partial charge on any atom is 0.128 e. The zero-order valence-electron chi connectivity index (χ0n) is 13.4. The molecule has 0 radical (unpaired) electrons. The number of rotatable bonds is 7. The van der Waals surface area contributed by atoms with E-state index in [1.54, 1.807) is 0 Å². The maximum absolute atomic E-state index is 6.20. The molecule has 0 aliphatic carbocycles. The molecule has 0 saturated carbocycles. The van der Waals surface area contributed by atoms with Gasteiger partial charge in [-0.05, 0) is 26.3 Å². The van der Waals surface area contributed by atoms with Gasteiger partial charge >= 0.3 is 0 Å². The summed E-state index contributed by atoms with van der Waals surface area (Å²) in [5.41, 5.74) is 7.03. The highest BCUT2D eigenvalue weighted by Crippen LogP contribution is 2.39. The zero-order valence-corrected chi connectivity index (χ0v) is 13.4. The van der Waals surface area contributed by atoms with E-state index in [4.69, 9.17) is 19.9 Å². The molecule has 1 aliphatic rings. The minimum atomic E-state index is -0.228. The Labute approximate surface area is 127 Å². The number of benzene rings is 1. The van der Waals surface area contributed by atoms with Gasteiger partial charge in [-0.25, -0.2) is 0 Å². The van der Waals surface area contributed by atoms with Crippen LogP contribution in [0.2, 0.25) is 0 Å². The van der Waals surface area contributed by atoms with E-state index >= 15 is 0 Å². The molecular formula is C17H27NO3. The van der Waals surface area contributed by atoms with Crippen molar-refractivity contribution in [1.29, 1.82) is 0 Å². The van der Waals surface area contributed by atoms with Crippen LogP contribution < -0.4 is 15.2 Å². The first-order valence-electron chi connectivity index (χ1n) is 7.81. The maximum atomic E-state index is 6.20. The van der Waals surface area contributed by atoms with Gasteiger partial charge in [-0.1, -0.05) is 19.4 Å². The minimum Gasteiger partial charge on any atom is -0.491 e. The van der Waals surface area contributed by atoms with Crippen LogP contribution in [0, 0.1) is 0 Å². The normalized spacial score (nSPS) is 19.7. The second-order valence-electron chi connectivity index (χ2n) is 6.19. The lowest BCUT2D eigenvalue weighted by atomic mass is 9.90. The van der Waals surface area contributed by atoms with E-state index in [0.29, 0.717) is 13.2 Å². The lowest BCUT2D eigenvalue weighted by Gasteiger charge is -2.36. The Morgan fingerprint density at radius 3 is 2.86 bits per heavy atom. The molecule has 0 bridgehead atoms. The Morgan fingerprint density at radius 2 is 2.10 bits per heavy atom. The van der Waals surface area contributed by atoms with Crippen molar-refractivity contribution in [2.45, 2.75) is 51.7 Å². The Hall–Kier alpha value is -1.26.